The Morgan fingerprint density at radius 1 is 1.07 bits per heavy atom. The van der Waals surface area contributed by atoms with E-state index in [1.165, 1.54) is 18.4 Å². The SMILES string of the molecule is Cc1occc1C(=O)NNC(=O)c1cc(S(=O)(=O)NC2CC2)c(Cl)cc1Cl. The first-order chi connectivity index (χ1) is 12.7. The predicted molar refractivity (Wildman–Crippen MR) is 98.2 cm³/mol. The van der Waals surface area contributed by atoms with Crippen LogP contribution < -0.4 is 15.6 Å². The van der Waals surface area contributed by atoms with Crippen LogP contribution in [-0.4, -0.2) is 26.3 Å². The third-order valence-electron chi connectivity index (χ3n) is 3.85. The van der Waals surface area contributed by atoms with Gasteiger partial charge in [0.15, 0.2) is 0 Å². The highest BCUT2D eigenvalue weighted by Crippen LogP contribution is 2.30. The summed E-state index contributed by atoms with van der Waals surface area (Å²) in [6.07, 6.45) is 2.83. The molecule has 0 unspecified atom stereocenters. The number of benzene rings is 1. The van der Waals surface area contributed by atoms with Gasteiger partial charge in [0.05, 0.1) is 27.4 Å². The molecule has 0 radical (unpaired) electrons. The Morgan fingerprint density at radius 3 is 2.26 bits per heavy atom. The van der Waals surface area contributed by atoms with Crippen LogP contribution >= 0.6 is 23.2 Å². The van der Waals surface area contributed by atoms with Crippen molar-refractivity contribution in [2.75, 3.05) is 0 Å². The van der Waals surface area contributed by atoms with E-state index in [1.807, 2.05) is 0 Å². The number of aryl methyl sites for hydroxylation is 1. The molecule has 3 rings (SSSR count). The monoisotopic (exact) mass is 431 g/mol. The van der Waals surface area contributed by atoms with Crippen molar-refractivity contribution in [3.63, 3.8) is 0 Å². The van der Waals surface area contributed by atoms with Gasteiger partial charge < -0.3 is 4.42 Å². The number of nitrogens with one attached hydrogen (secondary N) is 3. The van der Waals surface area contributed by atoms with Crippen LogP contribution in [0.1, 0.15) is 39.3 Å². The largest absolute Gasteiger partial charge is 0.469 e. The van der Waals surface area contributed by atoms with Gasteiger partial charge in [-0.25, -0.2) is 13.1 Å². The second kappa shape index (κ2) is 7.51. The topological polar surface area (TPSA) is 118 Å². The minimum absolute atomic E-state index is 0.0587. The normalized spacial score (nSPS) is 14.0. The summed E-state index contributed by atoms with van der Waals surface area (Å²) in [7, 11) is -3.89. The predicted octanol–water partition coefficient (Wildman–Crippen LogP) is 2.41. The van der Waals surface area contributed by atoms with Gasteiger partial charge in [0, 0.05) is 6.04 Å². The standard InChI is InChI=1S/C16H15Cl2N3O5S/c1-8-10(4-5-26-8)15(22)19-20-16(23)11-6-14(13(18)7-12(11)17)27(24,25)21-9-2-3-9/h4-7,9,21H,2-3H2,1H3,(H,19,22)(H,20,23). The lowest BCUT2D eigenvalue weighted by Crippen LogP contribution is -2.42. The zero-order valence-electron chi connectivity index (χ0n) is 14.0. The third kappa shape index (κ3) is 4.44. The maximum absolute atomic E-state index is 12.4. The molecule has 1 aliphatic carbocycles. The molecule has 2 aromatic rings. The van der Waals surface area contributed by atoms with E-state index in [1.54, 1.807) is 6.92 Å². The van der Waals surface area contributed by atoms with E-state index in [0.717, 1.165) is 18.9 Å². The Kier molecular flexibility index (Phi) is 5.48. The minimum atomic E-state index is -3.89. The van der Waals surface area contributed by atoms with Crippen molar-refractivity contribution in [3.05, 3.63) is 51.4 Å². The van der Waals surface area contributed by atoms with Crippen LogP contribution in [0, 0.1) is 6.92 Å². The number of sulfonamides is 1. The summed E-state index contributed by atoms with van der Waals surface area (Å²) in [4.78, 5) is 24.1. The number of rotatable bonds is 5. The van der Waals surface area contributed by atoms with Crippen molar-refractivity contribution in [1.82, 2.24) is 15.6 Å². The van der Waals surface area contributed by atoms with Crippen molar-refractivity contribution < 1.29 is 22.4 Å². The maximum Gasteiger partial charge on any atom is 0.273 e. The molecule has 0 bridgehead atoms. The van der Waals surface area contributed by atoms with Gasteiger partial charge in [-0.15, -0.1) is 0 Å². The highest BCUT2D eigenvalue weighted by atomic mass is 35.5. The van der Waals surface area contributed by atoms with E-state index < -0.39 is 21.8 Å². The highest BCUT2D eigenvalue weighted by molar-refractivity contribution is 7.89. The number of halogens is 2. The number of hydrogen-bond acceptors (Lipinski definition) is 5. The van der Waals surface area contributed by atoms with E-state index in [9.17, 15) is 18.0 Å². The Hall–Kier alpha value is -2.07. The van der Waals surface area contributed by atoms with Gasteiger partial charge in [-0.05, 0) is 38.0 Å². The molecular weight excluding hydrogens is 417 g/mol. The lowest BCUT2D eigenvalue weighted by molar-refractivity contribution is 0.0845. The van der Waals surface area contributed by atoms with Gasteiger partial charge in [0.2, 0.25) is 10.0 Å². The summed E-state index contributed by atoms with van der Waals surface area (Å²) in [6, 6.07) is 3.55. The molecule has 1 heterocycles. The van der Waals surface area contributed by atoms with E-state index in [4.69, 9.17) is 27.6 Å². The lowest BCUT2D eigenvalue weighted by Gasteiger charge is -2.12. The quantitative estimate of drug-likeness (QED) is 0.628. The van der Waals surface area contributed by atoms with Crippen LogP contribution in [0.15, 0.2) is 33.8 Å². The summed E-state index contributed by atoms with van der Waals surface area (Å²) in [6.45, 7) is 1.59. The average Bonchev–Trinajstić information content (AvgIpc) is 3.28. The third-order valence-corrected chi connectivity index (χ3v) is 6.15. The molecule has 1 aromatic carbocycles. The minimum Gasteiger partial charge on any atom is -0.469 e. The van der Waals surface area contributed by atoms with Gasteiger partial charge in [-0.1, -0.05) is 23.2 Å². The van der Waals surface area contributed by atoms with Crippen LogP contribution in [-0.2, 0) is 10.0 Å². The van der Waals surface area contributed by atoms with Crippen LogP contribution in [0.2, 0.25) is 10.0 Å². The summed E-state index contributed by atoms with van der Waals surface area (Å²) in [5.74, 6) is -1.01. The highest BCUT2D eigenvalue weighted by Gasteiger charge is 2.30. The van der Waals surface area contributed by atoms with Crippen molar-refractivity contribution in [2.24, 2.45) is 0 Å². The number of carbonyl (C=O) groups is 2. The van der Waals surface area contributed by atoms with Crippen molar-refractivity contribution in [2.45, 2.75) is 30.7 Å². The first-order valence-corrected chi connectivity index (χ1v) is 10.1. The Morgan fingerprint density at radius 2 is 1.70 bits per heavy atom. The average molecular weight is 432 g/mol. The number of carbonyl (C=O) groups excluding carboxylic acids is 2. The molecule has 1 aliphatic rings. The molecule has 27 heavy (non-hydrogen) atoms. The maximum atomic E-state index is 12.4. The summed E-state index contributed by atoms with van der Waals surface area (Å²) in [5, 5.41) is -0.167. The molecule has 3 N–H and O–H groups in total. The number of hydrogen-bond donors (Lipinski definition) is 3. The molecule has 1 aromatic heterocycles. The van der Waals surface area contributed by atoms with E-state index >= 15 is 0 Å². The smallest absolute Gasteiger partial charge is 0.273 e. The molecule has 1 saturated carbocycles. The van der Waals surface area contributed by atoms with Gasteiger partial charge in [0.25, 0.3) is 11.8 Å². The number of furan rings is 1. The Labute approximate surface area is 165 Å². The van der Waals surface area contributed by atoms with Gasteiger partial charge >= 0.3 is 0 Å². The summed E-state index contributed by atoms with van der Waals surface area (Å²) < 4.78 is 32.3. The van der Waals surface area contributed by atoms with Crippen molar-refractivity contribution in [1.29, 1.82) is 0 Å². The zero-order chi connectivity index (χ0) is 19.8. The fourth-order valence-corrected chi connectivity index (χ4v) is 4.43. The van der Waals surface area contributed by atoms with Crippen LogP contribution in [0.25, 0.3) is 0 Å². The van der Waals surface area contributed by atoms with Crippen LogP contribution in [0.4, 0.5) is 0 Å². The summed E-state index contributed by atoms with van der Waals surface area (Å²) in [5.41, 5.74) is 4.49. The molecule has 0 saturated heterocycles. The fourth-order valence-electron chi connectivity index (χ4n) is 2.26. The van der Waals surface area contributed by atoms with E-state index in [2.05, 4.69) is 15.6 Å². The van der Waals surface area contributed by atoms with E-state index in [0.29, 0.717) is 5.76 Å². The Bertz CT molecular complexity index is 1020. The zero-order valence-corrected chi connectivity index (χ0v) is 16.3. The molecule has 8 nitrogen and oxygen atoms in total. The second-order valence-electron chi connectivity index (χ2n) is 5.96. The number of hydrazine groups is 1. The molecule has 0 atom stereocenters. The first kappa shape index (κ1) is 19.7. The molecule has 0 spiro atoms. The van der Waals surface area contributed by atoms with E-state index in [-0.39, 0.29) is 32.1 Å². The second-order valence-corrected chi connectivity index (χ2v) is 8.45. The first-order valence-electron chi connectivity index (χ1n) is 7.85. The Balaban J connectivity index is 1.79. The van der Waals surface area contributed by atoms with Gasteiger partial charge in [-0.3, -0.25) is 20.4 Å². The molecule has 1 fully saturated rings. The molecule has 2 amide bonds. The van der Waals surface area contributed by atoms with Crippen LogP contribution in [0.3, 0.4) is 0 Å². The molecular formula is C16H15Cl2N3O5S. The lowest BCUT2D eigenvalue weighted by atomic mass is 10.2. The van der Waals surface area contributed by atoms with Crippen LogP contribution in [0.5, 0.6) is 0 Å². The van der Waals surface area contributed by atoms with Crippen molar-refractivity contribution >= 4 is 45.0 Å². The molecule has 144 valence electrons. The fraction of sp³-hybridized carbons (Fsp3) is 0.250. The summed E-state index contributed by atoms with van der Waals surface area (Å²) >= 11 is 12.0. The van der Waals surface area contributed by atoms with Gasteiger partial charge in [-0.2, -0.15) is 0 Å². The molecule has 0 aliphatic heterocycles. The molecule has 11 heteroatoms. The van der Waals surface area contributed by atoms with Crippen molar-refractivity contribution in [3.8, 4) is 0 Å². The number of amides is 2. The van der Waals surface area contributed by atoms with Gasteiger partial charge in [0.1, 0.15) is 10.7 Å².